The lowest BCUT2D eigenvalue weighted by Gasteiger charge is -1.84. The van der Waals surface area contributed by atoms with Crippen LogP contribution >= 0.6 is 22.7 Å². The van der Waals surface area contributed by atoms with Crippen molar-refractivity contribution in [1.82, 2.24) is 4.98 Å². The van der Waals surface area contributed by atoms with Crippen molar-refractivity contribution >= 4 is 22.7 Å². The first-order valence-corrected chi connectivity index (χ1v) is 5.07. The Morgan fingerprint density at radius 2 is 2.36 bits per heavy atom. The lowest BCUT2D eigenvalue weighted by Crippen LogP contribution is -1.65. The summed E-state index contributed by atoms with van der Waals surface area (Å²) in [5.41, 5.74) is 1.24. The van der Waals surface area contributed by atoms with E-state index in [4.69, 9.17) is 0 Å². The maximum Gasteiger partial charge on any atom is 0.124 e. The first-order chi connectivity index (χ1) is 5.36. The van der Waals surface area contributed by atoms with Crippen LogP contribution in [0, 0.1) is 6.92 Å². The van der Waals surface area contributed by atoms with Crippen molar-refractivity contribution in [3.8, 4) is 10.6 Å². The lowest BCUT2D eigenvalue weighted by molar-refractivity contribution is 1.39. The van der Waals surface area contributed by atoms with Gasteiger partial charge in [0.05, 0.1) is 0 Å². The summed E-state index contributed by atoms with van der Waals surface area (Å²) >= 11 is 3.45. The molecule has 11 heavy (non-hydrogen) atoms. The van der Waals surface area contributed by atoms with Gasteiger partial charge in [-0.15, -0.1) is 11.3 Å². The minimum absolute atomic E-state index is 1.13. The number of nitrogens with zero attached hydrogens (tertiary/aromatic N) is 1. The van der Waals surface area contributed by atoms with E-state index >= 15 is 0 Å². The van der Waals surface area contributed by atoms with Gasteiger partial charge < -0.3 is 0 Å². The molecule has 0 unspecified atom stereocenters. The molecule has 0 bridgehead atoms. The molecule has 2 aromatic rings. The van der Waals surface area contributed by atoms with E-state index < -0.39 is 0 Å². The second-order valence-electron chi connectivity index (χ2n) is 2.29. The summed E-state index contributed by atoms with van der Waals surface area (Å²) in [5, 5.41) is 5.33. The SMILES string of the molecule is Cc1cnc(-c2ccsc2)s1. The fourth-order valence-electron chi connectivity index (χ4n) is 0.874. The van der Waals surface area contributed by atoms with Crippen LogP contribution in [-0.2, 0) is 0 Å². The van der Waals surface area contributed by atoms with Crippen LogP contribution in [0.1, 0.15) is 4.88 Å². The standard InChI is InChI=1S/C8H7NS2/c1-6-4-9-8(11-6)7-2-3-10-5-7/h2-5H,1H3. The first kappa shape index (κ1) is 7.00. The maximum atomic E-state index is 4.28. The zero-order chi connectivity index (χ0) is 7.68. The second-order valence-corrected chi connectivity index (χ2v) is 4.30. The van der Waals surface area contributed by atoms with Crippen LogP contribution in [0.5, 0.6) is 0 Å². The molecule has 0 aliphatic rings. The molecule has 1 nitrogen and oxygen atoms in total. The van der Waals surface area contributed by atoms with Crippen LogP contribution in [0.15, 0.2) is 23.0 Å². The largest absolute Gasteiger partial charge is 0.244 e. The Bertz CT molecular complexity index is 335. The van der Waals surface area contributed by atoms with Crippen molar-refractivity contribution in [3.05, 3.63) is 27.9 Å². The number of hydrogen-bond donors (Lipinski definition) is 0. The molecule has 2 heterocycles. The third-order valence-corrected chi connectivity index (χ3v) is 3.03. The number of aromatic nitrogens is 1. The Morgan fingerprint density at radius 1 is 1.45 bits per heavy atom. The zero-order valence-corrected chi connectivity index (χ0v) is 7.71. The predicted octanol–water partition coefficient (Wildman–Crippen LogP) is 3.18. The summed E-state index contributed by atoms with van der Waals surface area (Å²) in [4.78, 5) is 5.55. The first-order valence-electron chi connectivity index (χ1n) is 3.31. The van der Waals surface area contributed by atoms with E-state index in [0.717, 1.165) is 5.01 Å². The highest BCUT2D eigenvalue weighted by molar-refractivity contribution is 7.15. The van der Waals surface area contributed by atoms with E-state index in [9.17, 15) is 0 Å². The van der Waals surface area contributed by atoms with Crippen molar-refractivity contribution in [2.24, 2.45) is 0 Å². The average Bonchev–Trinajstić information content (AvgIpc) is 2.55. The highest BCUT2D eigenvalue weighted by Crippen LogP contribution is 2.25. The monoisotopic (exact) mass is 181 g/mol. The smallest absolute Gasteiger partial charge is 0.124 e. The number of hydrogen-bond acceptors (Lipinski definition) is 3. The summed E-state index contributed by atoms with van der Waals surface area (Å²) in [7, 11) is 0. The maximum absolute atomic E-state index is 4.28. The van der Waals surface area contributed by atoms with Gasteiger partial charge in [-0.05, 0) is 18.4 Å². The molecule has 0 spiro atoms. The molecule has 0 saturated heterocycles. The minimum Gasteiger partial charge on any atom is -0.244 e. The van der Waals surface area contributed by atoms with E-state index in [0.29, 0.717) is 0 Å². The van der Waals surface area contributed by atoms with Gasteiger partial charge in [0.2, 0.25) is 0 Å². The van der Waals surface area contributed by atoms with Gasteiger partial charge in [-0.1, -0.05) is 0 Å². The Balaban J connectivity index is 2.45. The van der Waals surface area contributed by atoms with Gasteiger partial charge >= 0.3 is 0 Å². The fourth-order valence-corrected chi connectivity index (χ4v) is 2.35. The molecule has 2 rings (SSSR count). The van der Waals surface area contributed by atoms with Gasteiger partial charge in [0.1, 0.15) is 5.01 Å². The summed E-state index contributed by atoms with van der Waals surface area (Å²) in [6, 6.07) is 2.10. The molecule has 3 heteroatoms. The number of thiazole rings is 1. The van der Waals surface area contributed by atoms with Crippen LogP contribution in [0.4, 0.5) is 0 Å². The van der Waals surface area contributed by atoms with Crippen LogP contribution in [0.2, 0.25) is 0 Å². The Hall–Kier alpha value is -0.670. The minimum atomic E-state index is 1.13. The molecule has 0 saturated carbocycles. The summed E-state index contributed by atoms with van der Waals surface area (Å²) in [6.07, 6.45) is 1.91. The number of thiophene rings is 1. The number of aryl methyl sites for hydroxylation is 1. The molecule has 0 atom stereocenters. The van der Waals surface area contributed by atoms with E-state index in [-0.39, 0.29) is 0 Å². The second kappa shape index (κ2) is 2.75. The van der Waals surface area contributed by atoms with Crippen LogP contribution < -0.4 is 0 Å². The average molecular weight is 181 g/mol. The van der Waals surface area contributed by atoms with Crippen molar-refractivity contribution in [2.45, 2.75) is 6.92 Å². The molecule has 0 aromatic carbocycles. The highest BCUT2D eigenvalue weighted by atomic mass is 32.1. The van der Waals surface area contributed by atoms with Gasteiger partial charge in [-0.2, -0.15) is 11.3 Å². The molecule has 0 N–H and O–H groups in total. The van der Waals surface area contributed by atoms with Gasteiger partial charge in [-0.3, -0.25) is 0 Å². The normalized spacial score (nSPS) is 10.3. The fraction of sp³-hybridized carbons (Fsp3) is 0.125. The highest BCUT2D eigenvalue weighted by Gasteiger charge is 2.00. The molecule has 0 aliphatic heterocycles. The quantitative estimate of drug-likeness (QED) is 0.658. The van der Waals surface area contributed by atoms with Crippen LogP contribution in [0.3, 0.4) is 0 Å². The van der Waals surface area contributed by atoms with Crippen molar-refractivity contribution in [3.63, 3.8) is 0 Å². The van der Waals surface area contributed by atoms with E-state index in [1.165, 1.54) is 10.4 Å². The Morgan fingerprint density at radius 3 is 2.91 bits per heavy atom. The van der Waals surface area contributed by atoms with E-state index in [1.807, 2.05) is 6.20 Å². The molecular weight excluding hydrogens is 174 g/mol. The molecular formula is C8H7NS2. The molecule has 0 radical (unpaired) electrons. The van der Waals surface area contributed by atoms with E-state index in [1.54, 1.807) is 22.7 Å². The van der Waals surface area contributed by atoms with Gasteiger partial charge in [-0.25, -0.2) is 4.98 Å². The third-order valence-electron chi connectivity index (χ3n) is 1.39. The summed E-state index contributed by atoms with van der Waals surface area (Å²) in [6.45, 7) is 2.08. The summed E-state index contributed by atoms with van der Waals surface area (Å²) in [5.74, 6) is 0. The van der Waals surface area contributed by atoms with Crippen molar-refractivity contribution in [1.29, 1.82) is 0 Å². The number of rotatable bonds is 1. The topological polar surface area (TPSA) is 12.9 Å². The molecule has 0 amide bonds. The van der Waals surface area contributed by atoms with Gasteiger partial charge in [0.15, 0.2) is 0 Å². The Labute approximate surface area is 73.4 Å². The van der Waals surface area contributed by atoms with Crippen molar-refractivity contribution < 1.29 is 0 Å². The molecule has 0 fully saturated rings. The Kier molecular flexibility index (Phi) is 1.75. The van der Waals surface area contributed by atoms with Crippen LogP contribution in [0.25, 0.3) is 10.6 Å². The van der Waals surface area contributed by atoms with E-state index in [2.05, 4.69) is 28.7 Å². The van der Waals surface area contributed by atoms with Gasteiger partial charge in [0.25, 0.3) is 0 Å². The molecule has 2 aromatic heterocycles. The third kappa shape index (κ3) is 1.34. The molecule has 56 valence electrons. The molecule has 0 aliphatic carbocycles. The zero-order valence-electron chi connectivity index (χ0n) is 6.07. The lowest BCUT2D eigenvalue weighted by atomic mass is 10.4. The predicted molar refractivity (Wildman–Crippen MR) is 50.2 cm³/mol. The van der Waals surface area contributed by atoms with Gasteiger partial charge in [0, 0.05) is 22.0 Å². The van der Waals surface area contributed by atoms with Crippen molar-refractivity contribution in [2.75, 3.05) is 0 Å². The van der Waals surface area contributed by atoms with Crippen LogP contribution in [-0.4, -0.2) is 4.98 Å². The summed E-state index contributed by atoms with van der Waals surface area (Å²) < 4.78 is 0.